The number of aromatic amines is 1. The lowest BCUT2D eigenvalue weighted by molar-refractivity contribution is 0.0689. The summed E-state index contributed by atoms with van der Waals surface area (Å²) in [5.41, 5.74) is 2.14. The zero-order valence-corrected chi connectivity index (χ0v) is 8.36. The lowest BCUT2D eigenvalue weighted by atomic mass is 10.1. The normalized spacial score (nSPS) is 31.1. The molecule has 1 heterocycles. The summed E-state index contributed by atoms with van der Waals surface area (Å²) in [4.78, 5) is 10.8. The second kappa shape index (κ2) is 2.82. The monoisotopic (exact) mass is 208 g/mol. The number of aromatic nitrogens is 2. The van der Waals surface area contributed by atoms with E-state index in [1.54, 1.807) is 7.11 Å². The Balaban J connectivity index is 1.88. The van der Waals surface area contributed by atoms with Crippen LogP contribution in [0.15, 0.2) is 0 Å². The molecule has 1 unspecified atom stereocenters. The molecule has 15 heavy (non-hydrogen) atoms. The van der Waals surface area contributed by atoms with Crippen LogP contribution in [0.2, 0.25) is 0 Å². The van der Waals surface area contributed by atoms with E-state index in [0.717, 1.165) is 24.3 Å². The molecule has 2 aliphatic rings. The van der Waals surface area contributed by atoms with Crippen molar-refractivity contribution in [2.75, 3.05) is 13.7 Å². The van der Waals surface area contributed by atoms with Crippen LogP contribution in [0.25, 0.3) is 0 Å². The smallest absolute Gasteiger partial charge is 0.356 e. The Morgan fingerprint density at radius 1 is 1.73 bits per heavy atom. The first-order chi connectivity index (χ1) is 7.24. The van der Waals surface area contributed by atoms with E-state index in [0.29, 0.717) is 17.8 Å². The molecule has 0 aromatic carbocycles. The van der Waals surface area contributed by atoms with Gasteiger partial charge in [0.25, 0.3) is 0 Å². The molecular weight excluding hydrogens is 196 g/mol. The molecule has 0 radical (unpaired) electrons. The van der Waals surface area contributed by atoms with Crippen LogP contribution in [0, 0.1) is 11.8 Å². The Morgan fingerprint density at radius 3 is 3.20 bits per heavy atom. The molecule has 0 saturated heterocycles. The van der Waals surface area contributed by atoms with Crippen molar-refractivity contribution in [3.63, 3.8) is 0 Å². The maximum atomic E-state index is 10.8. The molecule has 0 bridgehead atoms. The molecule has 3 rings (SSSR count). The third-order valence-electron chi connectivity index (χ3n) is 3.57. The van der Waals surface area contributed by atoms with Crippen LogP contribution in [-0.2, 0) is 11.2 Å². The highest BCUT2D eigenvalue weighted by Crippen LogP contribution is 2.61. The van der Waals surface area contributed by atoms with Gasteiger partial charge in [0.1, 0.15) is 0 Å². The molecule has 5 heteroatoms. The van der Waals surface area contributed by atoms with E-state index in [-0.39, 0.29) is 5.69 Å². The Bertz CT molecular complexity index is 426. The van der Waals surface area contributed by atoms with Gasteiger partial charge in [-0.3, -0.25) is 5.10 Å². The first-order valence-electron chi connectivity index (χ1n) is 5.03. The molecule has 1 aromatic heterocycles. The van der Waals surface area contributed by atoms with Crippen molar-refractivity contribution in [2.45, 2.75) is 12.3 Å². The predicted octanol–water partition coefficient (Wildman–Crippen LogP) is 0.640. The minimum atomic E-state index is -0.933. The zero-order valence-electron chi connectivity index (χ0n) is 8.36. The van der Waals surface area contributed by atoms with E-state index < -0.39 is 5.97 Å². The lowest BCUT2D eigenvalue weighted by Gasteiger charge is -2.01. The first-order valence-corrected chi connectivity index (χ1v) is 5.03. The molecular formula is C10H12N2O3. The van der Waals surface area contributed by atoms with Gasteiger partial charge in [0.05, 0.1) is 0 Å². The molecule has 1 saturated carbocycles. The predicted molar refractivity (Wildman–Crippen MR) is 50.8 cm³/mol. The zero-order chi connectivity index (χ0) is 10.6. The summed E-state index contributed by atoms with van der Waals surface area (Å²) >= 11 is 0. The number of ether oxygens (including phenoxy) is 1. The SMILES string of the molecule is COCC1[C@H]2Cc3c(C(=O)O)n[nH]c3[C@@H]12. The van der Waals surface area contributed by atoms with Crippen molar-refractivity contribution in [3.8, 4) is 0 Å². The van der Waals surface area contributed by atoms with E-state index in [4.69, 9.17) is 9.84 Å². The van der Waals surface area contributed by atoms with Crippen LogP contribution in [0.3, 0.4) is 0 Å². The van der Waals surface area contributed by atoms with Crippen LogP contribution in [0.4, 0.5) is 0 Å². The Hall–Kier alpha value is -1.36. The molecule has 1 aromatic rings. The van der Waals surface area contributed by atoms with Crippen LogP contribution >= 0.6 is 0 Å². The number of hydrogen-bond donors (Lipinski definition) is 2. The van der Waals surface area contributed by atoms with E-state index in [1.165, 1.54) is 0 Å². The fourth-order valence-corrected chi connectivity index (χ4v) is 2.84. The fraction of sp³-hybridized carbons (Fsp3) is 0.600. The molecule has 0 aliphatic heterocycles. The van der Waals surface area contributed by atoms with Crippen molar-refractivity contribution in [2.24, 2.45) is 11.8 Å². The number of nitrogens with one attached hydrogen (secondary N) is 1. The van der Waals surface area contributed by atoms with Crippen molar-refractivity contribution >= 4 is 5.97 Å². The third kappa shape index (κ3) is 1.07. The largest absolute Gasteiger partial charge is 0.476 e. The van der Waals surface area contributed by atoms with E-state index in [1.807, 2.05) is 0 Å². The van der Waals surface area contributed by atoms with E-state index in [2.05, 4.69) is 10.2 Å². The van der Waals surface area contributed by atoms with Crippen molar-refractivity contribution in [3.05, 3.63) is 17.0 Å². The van der Waals surface area contributed by atoms with Crippen LogP contribution in [-0.4, -0.2) is 35.0 Å². The number of carboxylic acid groups (broad SMARTS) is 1. The highest BCUT2D eigenvalue weighted by molar-refractivity contribution is 5.87. The molecule has 2 aliphatic carbocycles. The summed E-state index contributed by atoms with van der Waals surface area (Å²) in [6.45, 7) is 0.760. The number of rotatable bonds is 3. The van der Waals surface area contributed by atoms with Crippen LogP contribution in [0.5, 0.6) is 0 Å². The summed E-state index contributed by atoms with van der Waals surface area (Å²) in [5.74, 6) is 0.662. The van der Waals surface area contributed by atoms with Crippen LogP contribution in [0.1, 0.15) is 27.7 Å². The van der Waals surface area contributed by atoms with Gasteiger partial charge in [-0.1, -0.05) is 0 Å². The number of carboxylic acids is 1. The third-order valence-corrected chi connectivity index (χ3v) is 3.57. The van der Waals surface area contributed by atoms with E-state index >= 15 is 0 Å². The van der Waals surface area contributed by atoms with Gasteiger partial charge in [-0.25, -0.2) is 4.79 Å². The number of carbonyl (C=O) groups is 1. The molecule has 5 nitrogen and oxygen atoms in total. The molecule has 1 fully saturated rings. The number of aromatic carboxylic acids is 1. The number of methoxy groups -OCH3 is 1. The minimum absolute atomic E-state index is 0.202. The summed E-state index contributed by atoms with van der Waals surface area (Å²) < 4.78 is 5.12. The van der Waals surface area contributed by atoms with E-state index in [9.17, 15) is 4.79 Å². The van der Waals surface area contributed by atoms with Gasteiger partial charge in [-0.15, -0.1) is 0 Å². The van der Waals surface area contributed by atoms with Gasteiger partial charge in [0.2, 0.25) is 0 Å². The maximum Gasteiger partial charge on any atom is 0.356 e. The lowest BCUT2D eigenvalue weighted by Crippen LogP contribution is -2.04. The molecule has 80 valence electrons. The summed E-state index contributed by atoms with van der Waals surface area (Å²) in [6.07, 6.45) is 0.839. The number of hydrogen-bond acceptors (Lipinski definition) is 3. The second-order valence-corrected chi connectivity index (χ2v) is 4.28. The Kier molecular flexibility index (Phi) is 1.68. The Morgan fingerprint density at radius 2 is 2.53 bits per heavy atom. The van der Waals surface area contributed by atoms with Gasteiger partial charge in [0, 0.05) is 30.9 Å². The number of H-pyrrole nitrogens is 1. The van der Waals surface area contributed by atoms with Gasteiger partial charge in [0.15, 0.2) is 5.69 Å². The topological polar surface area (TPSA) is 75.2 Å². The molecule has 0 spiro atoms. The quantitative estimate of drug-likeness (QED) is 0.764. The highest BCUT2D eigenvalue weighted by Gasteiger charge is 2.57. The van der Waals surface area contributed by atoms with Crippen molar-refractivity contribution < 1.29 is 14.6 Å². The van der Waals surface area contributed by atoms with Gasteiger partial charge in [-0.05, 0) is 18.3 Å². The van der Waals surface area contributed by atoms with Gasteiger partial charge >= 0.3 is 5.97 Å². The summed E-state index contributed by atoms with van der Waals surface area (Å²) in [7, 11) is 1.70. The molecule has 2 N–H and O–H groups in total. The number of fused-ring (bicyclic) bond motifs is 3. The van der Waals surface area contributed by atoms with Crippen molar-refractivity contribution in [1.29, 1.82) is 0 Å². The highest BCUT2D eigenvalue weighted by atomic mass is 16.5. The second-order valence-electron chi connectivity index (χ2n) is 4.28. The number of nitrogens with zero attached hydrogens (tertiary/aromatic N) is 1. The standard InChI is InChI=1S/C10H12N2O3/c1-15-3-6-4-2-5-8(7(4)6)11-12-9(5)10(13)14/h4,6-7H,2-3H2,1H3,(H,11,12)(H,13,14)/t4-,6?,7-/m1/s1. The molecule has 3 atom stereocenters. The van der Waals surface area contributed by atoms with Crippen molar-refractivity contribution in [1.82, 2.24) is 10.2 Å². The Labute approximate surface area is 86.4 Å². The fourth-order valence-electron chi connectivity index (χ4n) is 2.84. The van der Waals surface area contributed by atoms with Gasteiger partial charge < -0.3 is 9.84 Å². The molecule has 0 amide bonds. The average molecular weight is 208 g/mol. The van der Waals surface area contributed by atoms with Crippen LogP contribution < -0.4 is 0 Å². The minimum Gasteiger partial charge on any atom is -0.476 e. The summed E-state index contributed by atoms with van der Waals surface area (Å²) in [6, 6.07) is 0. The maximum absolute atomic E-state index is 10.8. The first kappa shape index (κ1) is 8.91. The summed E-state index contributed by atoms with van der Waals surface area (Å²) in [5, 5.41) is 15.6. The average Bonchev–Trinajstić information content (AvgIpc) is 2.60. The van der Waals surface area contributed by atoms with Gasteiger partial charge in [-0.2, -0.15) is 5.10 Å².